The summed E-state index contributed by atoms with van der Waals surface area (Å²) in [6.07, 6.45) is 17.6. The molecule has 1 aromatic carbocycles. The normalized spacial score (nSPS) is 37.9. The van der Waals surface area contributed by atoms with E-state index in [1.165, 1.54) is 36.8 Å². The van der Waals surface area contributed by atoms with Gasteiger partial charge in [0.1, 0.15) is 5.82 Å². The molecule has 7 rings (SSSR count). The third kappa shape index (κ3) is 5.53. The van der Waals surface area contributed by atoms with E-state index < -0.39 is 5.97 Å². The van der Waals surface area contributed by atoms with Crippen LogP contribution in [0, 0.1) is 58.2 Å². The van der Waals surface area contributed by atoms with E-state index in [-0.39, 0.29) is 33.2 Å². The lowest BCUT2D eigenvalue weighted by Gasteiger charge is -2.72. The van der Waals surface area contributed by atoms with E-state index in [4.69, 9.17) is 0 Å². The zero-order chi connectivity index (χ0) is 36.6. The van der Waals surface area contributed by atoms with Crippen LogP contribution >= 0.6 is 0 Å². The summed E-state index contributed by atoms with van der Waals surface area (Å²) in [4.78, 5) is 29.5. The van der Waals surface area contributed by atoms with Gasteiger partial charge in [0, 0.05) is 31.0 Å². The van der Waals surface area contributed by atoms with E-state index in [9.17, 15) is 14.7 Å². The van der Waals surface area contributed by atoms with E-state index in [2.05, 4.69) is 74.4 Å². The van der Waals surface area contributed by atoms with E-state index in [1.54, 1.807) is 12.1 Å². The van der Waals surface area contributed by atoms with Crippen LogP contribution in [0.25, 0.3) is 5.57 Å². The Kier molecular flexibility index (Phi) is 8.94. The highest BCUT2D eigenvalue weighted by Gasteiger charge is 2.70. The molecule has 0 spiro atoms. The van der Waals surface area contributed by atoms with Crippen molar-refractivity contribution in [2.75, 3.05) is 6.54 Å². The summed E-state index contributed by atoms with van der Waals surface area (Å²) in [5, 5.41) is 16.4. The zero-order valence-electron chi connectivity index (χ0n) is 32.3. The second kappa shape index (κ2) is 12.7. The minimum absolute atomic E-state index is 0.00846. The number of allylic oxidation sites excluding steroid dienone is 3. The van der Waals surface area contributed by atoms with Gasteiger partial charge in [-0.1, -0.05) is 65.0 Å². The molecular formula is C44H62N4O3. The number of carbonyl (C=O) groups excluding carboxylic acids is 1. The van der Waals surface area contributed by atoms with Crippen LogP contribution in [0.4, 0.5) is 4.79 Å². The number of aromatic carboxylic acids is 1. The van der Waals surface area contributed by atoms with Crippen molar-refractivity contribution in [3.63, 3.8) is 0 Å². The van der Waals surface area contributed by atoms with Gasteiger partial charge >= 0.3 is 12.0 Å². The Bertz CT molecular complexity index is 1720. The summed E-state index contributed by atoms with van der Waals surface area (Å²) in [5.74, 6) is 2.73. The first kappa shape index (κ1) is 36.0. The second-order valence-electron chi connectivity index (χ2n) is 18.7. The molecule has 5 aliphatic carbocycles. The number of nitrogens with one attached hydrogen (secondary N) is 2. The van der Waals surface area contributed by atoms with Crippen molar-refractivity contribution in [3.05, 3.63) is 71.8 Å². The summed E-state index contributed by atoms with van der Waals surface area (Å²) in [7, 11) is 0. The number of rotatable bonds is 8. The standard InChI is InChI=1S/C44H62N4O3/c1-28(2)32-16-21-44(47-39(51)46-24-9-26-48-27-25-45-29(48)3)23-22-42(7)34(37(32)44)14-15-36-41(6)19-17-33(30-10-12-31(13-11-30)38(49)50)40(4,5)35(41)18-20-43(36,42)8/h10-13,17,25,27,32,34-37H,1,9,14-16,18-24,26H2,2-8H3,(H,49,50)(H2,46,47,51)/t32-,34+,35-,36+,37+,41-,42+,43+,44-/m0/s1. The van der Waals surface area contributed by atoms with Gasteiger partial charge in [0.2, 0.25) is 0 Å². The molecule has 276 valence electrons. The maximum absolute atomic E-state index is 13.6. The van der Waals surface area contributed by atoms with Crippen molar-refractivity contribution in [3.8, 4) is 0 Å². The molecule has 4 fully saturated rings. The van der Waals surface area contributed by atoms with Crippen molar-refractivity contribution < 1.29 is 14.7 Å². The molecule has 5 aliphatic rings. The SMILES string of the molecule is C=C(C)[C@@H]1CC[C@]2(NC(=O)NCCCn3ccnc3C)CC[C@]3(C)[C@H](CC[C@@H]4[C@@]5(C)CC=C(c6ccc(C(=O)O)cc6)C(C)(C)[C@@H]5CC[C@]43C)[C@@H]12. The molecule has 7 heteroatoms. The van der Waals surface area contributed by atoms with Crippen molar-refractivity contribution >= 4 is 17.6 Å². The van der Waals surface area contributed by atoms with E-state index in [0.717, 1.165) is 56.5 Å². The molecule has 3 N–H and O–H groups in total. The summed E-state index contributed by atoms with van der Waals surface area (Å²) < 4.78 is 2.14. The molecule has 9 atom stereocenters. The fraction of sp³-hybridized carbons (Fsp3) is 0.659. The van der Waals surface area contributed by atoms with Gasteiger partial charge in [-0.15, -0.1) is 0 Å². The van der Waals surface area contributed by atoms with Crippen molar-refractivity contribution in [1.82, 2.24) is 20.2 Å². The number of carbonyl (C=O) groups is 2. The van der Waals surface area contributed by atoms with E-state index in [1.807, 2.05) is 31.5 Å². The largest absolute Gasteiger partial charge is 0.478 e. The minimum Gasteiger partial charge on any atom is -0.478 e. The lowest BCUT2D eigenvalue weighted by atomic mass is 9.33. The van der Waals surface area contributed by atoms with Crippen LogP contribution in [0.3, 0.4) is 0 Å². The first-order valence-corrected chi connectivity index (χ1v) is 19.8. The maximum Gasteiger partial charge on any atom is 0.335 e. The number of benzene rings is 1. The minimum atomic E-state index is -0.875. The molecule has 0 unspecified atom stereocenters. The second-order valence-corrected chi connectivity index (χ2v) is 18.7. The van der Waals surface area contributed by atoms with E-state index >= 15 is 0 Å². The molecule has 1 heterocycles. The van der Waals surface area contributed by atoms with Crippen LogP contribution in [-0.4, -0.2) is 38.7 Å². The first-order valence-electron chi connectivity index (χ1n) is 19.8. The van der Waals surface area contributed by atoms with Gasteiger partial charge in [0.15, 0.2) is 0 Å². The Morgan fingerprint density at radius 3 is 2.37 bits per heavy atom. The van der Waals surface area contributed by atoms with Crippen LogP contribution in [-0.2, 0) is 6.54 Å². The lowest BCUT2D eigenvalue weighted by molar-refractivity contribution is -0.218. The number of aromatic nitrogens is 2. The average molecular weight is 695 g/mol. The smallest absolute Gasteiger partial charge is 0.335 e. The predicted octanol–water partition coefficient (Wildman–Crippen LogP) is 9.68. The van der Waals surface area contributed by atoms with Crippen LogP contribution in [0.2, 0.25) is 0 Å². The van der Waals surface area contributed by atoms with Gasteiger partial charge < -0.3 is 20.3 Å². The number of carboxylic acid groups (broad SMARTS) is 1. The molecule has 0 saturated heterocycles. The molecule has 0 aliphatic heterocycles. The van der Waals surface area contributed by atoms with Gasteiger partial charge in [0.05, 0.1) is 5.56 Å². The monoisotopic (exact) mass is 694 g/mol. The molecule has 2 amide bonds. The topological polar surface area (TPSA) is 96.3 Å². The molecule has 51 heavy (non-hydrogen) atoms. The Morgan fingerprint density at radius 2 is 1.71 bits per heavy atom. The third-order valence-electron chi connectivity index (χ3n) is 16.2. The van der Waals surface area contributed by atoms with Crippen LogP contribution < -0.4 is 10.6 Å². The van der Waals surface area contributed by atoms with Crippen molar-refractivity contribution in [2.45, 2.75) is 125 Å². The maximum atomic E-state index is 13.6. The third-order valence-corrected chi connectivity index (χ3v) is 16.2. The Labute approximate surface area is 306 Å². The van der Waals surface area contributed by atoms with Crippen molar-refractivity contribution in [1.29, 1.82) is 0 Å². The van der Waals surface area contributed by atoms with E-state index in [0.29, 0.717) is 41.7 Å². The number of amides is 2. The first-order chi connectivity index (χ1) is 24.1. The number of hydrogen-bond donors (Lipinski definition) is 3. The summed E-state index contributed by atoms with van der Waals surface area (Å²) in [6.45, 7) is 23.1. The zero-order valence-corrected chi connectivity index (χ0v) is 32.3. The number of aryl methyl sites for hydroxylation is 2. The Balaban J connectivity index is 1.12. The Hall–Kier alpha value is -3.35. The summed E-state index contributed by atoms with van der Waals surface area (Å²) in [6, 6.07) is 7.54. The highest BCUT2D eigenvalue weighted by atomic mass is 16.4. The molecule has 4 saturated carbocycles. The number of urea groups is 1. The van der Waals surface area contributed by atoms with Gasteiger partial charge in [0.25, 0.3) is 0 Å². The summed E-state index contributed by atoms with van der Waals surface area (Å²) in [5.41, 5.74) is 4.59. The van der Waals surface area contributed by atoms with Crippen LogP contribution in [0.15, 0.2) is 54.9 Å². The number of hydrogen-bond acceptors (Lipinski definition) is 3. The fourth-order valence-electron chi connectivity index (χ4n) is 13.6. The Morgan fingerprint density at radius 1 is 0.961 bits per heavy atom. The van der Waals surface area contributed by atoms with Crippen LogP contribution in [0.1, 0.15) is 127 Å². The number of nitrogens with zero attached hydrogens (tertiary/aromatic N) is 2. The van der Waals surface area contributed by atoms with Gasteiger partial charge in [-0.3, -0.25) is 0 Å². The highest BCUT2D eigenvalue weighted by Crippen LogP contribution is 2.76. The number of fused-ring (bicyclic) bond motifs is 7. The molecule has 0 radical (unpaired) electrons. The predicted molar refractivity (Wildman–Crippen MR) is 204 cm³/mol. The molecular weight excluding hydrogens is 633 g/mol. The quantitative estimate of drug-likeness (QED) is 0.189. The fourth-order valence-corrected chi connectivity index (χ4v) is 13.6. The highest BCUT2D eigenvalue weighted by molar-refractivity contribution is 5.88. The summed E-state index contributed by atoms with van der Waals surface area (Å²) >= 11 is 0. The molecule has 7 nitrogen and oxygen atoms in total. The molecule has 1 aromatic heterocycles. The van der Waals surface area contributed by atoms with Crippen LogP contribution in [0.5, 0.6) is 0 Å². The van der Waals surface area contributed by atoms with Gasteiger partial charge in [-0.2, -0.15) is 0 Å². The van der Waals surface area contributed by atoms with Gasteiger partial charge in [-0.25, -0.2) is 14.6 Å². The van der Waals surface area contributed by atoms with Crippen molar-refractivity contribution in [2.24, 2.45) is 51.2 Å². The average Bonchev–Trinajstić information content (AvgIpc) is 3.66. The number of imidazole rings is 1. The molecule has 2 aromatic rings. The molecule has 0 bridgehead atoms. The lowest BCUT2D eigenvalue weighted by Crippen LogP contribution is -2.68. The van der Waals surface area contributed by atoms with Gasteiger partial charge in [-0.05, 0) is 153 Å². The number of carboxylic acids is 1.